The van der Waals surface area contributed by atoms with Gasteiger partial charge in [-0.15, -0.1) is 0 Å². The third kappa shape index (κ3) is 5.23. The zero-order valence-corrected chi connectivity index (χ0v) is 16.6. The summed E-state index contributed by atoms with van der Waals surface area (Å²) < 4.78 is 44.1. The minimum Gasteiger partial charge on any atom is -0.489 e. The molecule has 29 heavy (non-hydrogen) atoms. The van der Waals surface area contributed by atoms with E-state index in [1.54, 1.807) is 42.5 Å². The van der Waals surface area contributed by atoms with Gasteiger partial charge in [0.05, 0.1) is 4.90 Å². The van der Waals surface area contributed by atoms with Gasteiger partial charge in [0.2, 0.25) is 9.84 Å². The van der Waals surface area contributed by atoms with Gasteiger partial charge < -0.3 is 4.74 Å². The zero-order valence-electron chi connectivity index (χ0n) is 15.0. The van der Waals surface area contributed by atoms with Crippen LogP contribution in [0, 0.1) is 17.1 Å². The second-order valence-corrected chi connectivity index (χ2v) is 8.42. The first-order valence-electron chi connectivity index (χ1n) is 8.48. The van der Waals surface area contributed by atoms with Crippen LogP contribution in [0.2, 0.25) is 5.02 Å². The molecule has 3 aromatic carbocycles. The number of hydrogen-bond acceptors (Lipinski definition) is 4. The molecule has 0 atom stereocenters. The van der Waals surface area contributed by atoms with Gasteiger partial charge in [0.1, 0.15) is 29.1 Å². The maximum atomic E-state index is 13.0. The molecule has 0 N–H and O–H groups in total. The van der Waals surface area contributed by atoms with E-state index in [-0.39, 0.29) is 17.3 Å². The quantitative estimate of drug-likeness (QED) is 0.494. The van der Waals surface area contributed by atoms with Crippen LogP contribution in [0.5, 0.6) is 5.75 Å². The maximum absolute atomic E-state index is 13.0. The lowest BCUT2D eigenvalue weighted by atomic mass is 10.2. The van der Waals surface area contributed by atoms with Crippen LogP contribution >= 0.6 is 11.6 Å². The fourth-order valence-electron chi connectivity index (χ4n) is 2.50. The third-order valence-electron chi connectivity index (χ3n) is 4.00. The van der Waals surface area contributed by atoms with Crippen LogP contribution in [0.3, 0.4) is 0 Å². The highest BCUT2D eigenvalue weighted by Gasteiger charge is 2.20. The summed E-state index contributed by atoms with van der Waals surface area (Å²) in [6.45, 7) is 0.224. The molecule has 0 aliphatic heterocycles. The van der Waals surface area contributed by atoms with E-state index < -0.39 is 14.7 Å². The van der Waals surface area contributed by atoms with Crippen molar-refractivity contribution < 1.29 is 17.5 Å². The molecular formula is C22H15ClFNO3S. The highest BCUT2D eigenvalue weighted by atomic mass is 35.5. The molecule has 0 heterocycles. The number of allylic oxidation sites excluding steroid dienone is 1. The Kier molecular flexibility index (Phi) is 6.32. The van der Waals surface area contributed by atoms with Crippen molar-refractivity contribution in [1.29, 1.82) is 5.26 Å². The monoisotopic (exact) mass is 427 g/mol. The van der Waals surface area contributed by atoms with E-state index in [9.17, 15) is 18.1 Å². The van der Waals surface area contributed by atoms with Crippen LogP contribution in [0.15, 0.2) is 82.6 Å². The largest absolute Gasteiger partial charge is 0.489 e. The topological polar surface area (TPSA) is 67.2 Å². The molecule has 3 aromatic rings. The van der Waals surface area contributed by atoms with Crippen LogP contribution < -0.4 is 4.74 Å². The molecule has 0 unspecified atom stereocenters. The molecule has 0 aromatic heterocycles. The number of nitriles is 1. The summed E-state index contributed by atoms with van der Waals surface area (Å²) in [6, 6.07) is 20.0. The Morgan fingerprint density at radius 2 is 1.76 bits per heavy atom. The Balaban J connectivity index is 1.82. The number of nitrogens with zero attached hydrogens (tertiary/aromatic N) is 1. The van der Waals surface area contributed by atoms with Crippen molar-refractivity contribution in [3.63, 3.8) is 0 Å². The molecule has 0 spiro atoms. The van der Waals surface area contributed by atoms with Crippen LogP contribution in [0.1, 0.15) is 11.1 Å². The zero-order chi connectivity index (χ0) is 20.9. The van der Waals surface area contributed by atoms with Crippen LogP contribution in [-0.2, 0) is 16.4 Å². The molecule has 0 aliphatic carbocycles. The molecule has 7 heteroatoms. The molecule has 0 radical (unpaired) electrons. The molecule has 0 saturated heterocycles. The summed E-state index contributed by atoms with van der Waals surface area (Å²) in [5.41, 5.74) is 1.28. The lowest BCUT2D eigenvalue weighted by molar-refractivity contribution is 0.306. The van der Waals surface area contributed by atoms with Crippen molar-refractivity contribution in [1.82, 2.24) is 0 Å². The molecule has 0 bridgehead atoms. The van der Waals surface area contributed by atoms with Crippen molar-refractivity contribution in [3.8, 4) is 11.8 Å². The first kappa shape index (κ1) is 20.6. The average Bonchev–Trinajstić information content (AvgIpc) is 2.72. The second kappa shape index (κ2) is 8.91. The molecule has 0 amide bonds. The van der Waals surface area contributed by atoms with Crippen LogP contribution in [0.4, 0.5) is 4.39 Å². The van der Waals surface area contributed by atoms with Crippen molar-refractivity contribution >= 4 is 27.5 Å². The van der Waals surface area contributed by atoms with E-state index in [2.05, 4.69) is 0 Å². The van der Waals surface area contributed by atoms with Gasteiger partial charge in [0, 0.05) is 5.02 Å². The summed E-state index contributed by atoms with van der Waals surface area (Å²) >= 11 is 5.80. The molecule has 0 fully saturated rings. The molecule has 3 rings (SSSR count). The van der Waals surface area contributed by atoms with Gasteiger partial charge in [-0.1, -0.05) is 35.9 Å². The van der Waals surface area contributed by atoms with Gasteiger partial charge in [0.25, 0.3) is 0 Å². The van der Waals surface area contributed by atoms with Gasteiger partial charge >= 0.3 is 0 Å². The van der Waals surface area contributed by atoms with E-state index in [1.807, 2.05) is 0 Å². The number of rotatable bonds is 6. The number of benzene rings is 3. The first-order chi connectivity index (χ1) is 13.9. The van der Waals surface area contributed by atoms with Crippen molar-refractivity contribution in [3.05, 3.63) is 99.7 Å². The van der Waals surface area contributed by atoms with E-state index >= 15 is 0 Å². The third-order valence-corrected chi connectivity index (χ3v) is 5.93. The van der Waals surface area contributed by atoms with Crippen LogP contribution in [0.25, 0.3) is 6.08 Å². The number of ether oxygens (including phenoxy) is 1. The summed E-state index contributed by atoms with van der Waals surface area (Å²) in [6.07, 6.45) is 1.29. The van der Waals surface area contributed by atoms with Crippen molar-refractivity contribution in [2.24, 2.45) is 0 Å². The highest BCUT2D eigenvalue weighted by Crippen LogP contribution is 2.24. The van der Waals surface area contributed by atoms with Gasteiger partial charge in [-0.05, 0) is 65.7 Å². The smallest absolute Gasteiger partial charge is 0.216 e. The van der Waals surface area contributed by atoms with Crippen molar-refractivity contribution in [2.75, 3.05) is 0 Å². The maximum Gasteiger partial charge on any atom is 0.216 e. The number of halogens is 2. The number of hydrogen-bond donors (Lipinski definition) is 0. The fourth-order valence-corrected chi connectivity index (χ4v) is 3.79. The Labute approximate surface area is 173 Å². The van der Waals surface area contributed by atoms with E-state index in [1.165, 1.54) is 42.5 Å². The molecule has 0 saturated carbocycles. The van der Waals surface area contributed by atoms with Gasteiger partial charge in [0.15, 0.2) is 0 Å². The van der Waals surface area contributed by atoms with Crippen molar-refractivity contribution in [2.45, 2.75) is 11.5 Å². The predicted octanol–water partition coefficient (Wildman–Crippen LogP) is 5.40. The lowest BCUT2D eigenvalue weighted by Crippen LogP contribution is -2.03. The highest BCUT2D eigenvalue weighted by molar-refractivity contribution is 7.95. The first-order valence-corrected chi connectivity index (χ1v) is 10.3. The molecule has 0 aliphatic rings. The normalized spacial score (nSPS) is 11.7. The lowest BCUT2D eigenvalue weighted by Gasteiger charge is -2.08. The Bertz CT molecular complexity index is 1180. The summed E-state index contributed by atoms with van der Waals surface area (Å²) in [5.74, 6) is 0.163. The fraction of sp³-hybridized carbons (Fsp3) is 0.0455. The standard InChI is InChI=1S/C22H15ClFNO3S/c23-18-6-10-21(11-7-18)29(26,27)22(14-25)13-17-2-1-3-20(12-17)28-15-16-4-8-19(24)9-5-16/h1-13H,15H2. The minimum absolute atomic E-state index is 0.0154. The molecular weight excluding hydrogens is 413 g/mol. The van der Waals surface area contributed by atoms with Crippen LogP contribution in [-0.4, -0.2) is 8.42 Å². The van der Waals surface area contributed by atoms with Gasteiger partial charge in [-0.2, -0.15) is 5.26 Å². The second-order valence-electron chi connectivity index (χ2n) is 6.07. The molecule has 146 valence electrons. The Hall–Kier alpha value is -3.14. The van der Waals surface area contributed by atoms with E-state index in [0.717, 1.165) is 5.56 Å². The van der Waals surface area contributed by atoms with E-state index in [0.29, 0.717) is 16.3 Å². The summed E-state index contributed by atoms with van der Waals surface area (Å²) in [5, 5.41) is 9.80. The predicted molar refractivity (Wildman–Crippen MR) is 109 cm³/mol. The van der Waals surface area contributed by atoms with Gasteiger partial charge in [-0.25, -0.2) is 12.8 Å². The minimum atomic E-state index is -3.97. The van der Waals surface area contributed by atoms with E-state index in [4.69, 9.17) is 16.3 Å². The summed E-state index contributed by atoms with van der Waals surface area (Å²) in [4.78, 5) is -0.408. The summed E-state index contributed by atoms with van der Waals surface area (Å²) in [7, 11) is -3.97. The van der Waals surface area contributed by atoms with Gasteiger partial charge in [-0.3, -0.25) is 0 Å². The molecule has 4 nitrogen and oxygen atoms in total. The number of sulfone groups is 1. The Morgan fingerprint density at radius 1 is 1.07 bits per heavy atom. The SMILES string of the molecule is N#CC(=Cc1cccc(OCc2ccc(F)cc2)c1)S(=O)(=O)c1ccc(Cl)cc1. The average molecular weight is 428 g/mol. The Morgan fingerprint density at radius 3 is 2.41 bits per heavy atom.